The number of imidazole rings is 1. The first-order chi connectivity index (χ1) is 8.41. The fourth-order valence-electron chi connectivity index (χ4n) is 1.62. The lowest BCUT2D eigenvalue weighted by Gasteiger charge is -2.02. The number of H-pyrrole nitrogens is 1. The monoisotopic (exact) mass is 329 g/mol. The third kappa shape index (κ3) is 2.63. The van der Waals surface area contributed by atoms with Crippen LogP contribution in [-0.2, 0) is 16.4 Å². The van der Waals surface area contributed by atoms with Crippen LogP contribution >= 0.6 is 15.9 Å². The van der Waals surface area contributed by atoms with Crippen molar-refractivity contribution in [2.75, 3.05) is 6.26 Å². The topological polar surface area (TPSA) is 88.8 Å². The number of aromatic amines is 1. The van der Waals surface area contributed by atoms with Gasteiger partial charge in [0.25, 0.3) is 0 Å². The Labute approximate surface area is 113 Å². The summed E-state index contributed by atoms with van der Waals surface area (Å²) in [5.74, 6) is 0. The molecule has 2 rings (SSSR count). The molecule has 96 valence electrons. The Morgan fingerprint density at radius 3 is 2.44 bits per heavy atom. The average molecular weight is 330 g/mol. The normalized spacial score (nSPS) is 11.7. The second-order valence-corrected chi connectivity index (χ2v) is 6.62. The zero-order valence-electron chi connectivity index (χ0n) is 9.64. The second kappa shape index (κ2) is 4.83. The van der Waals surface area contributed by atoms with Crippen molar-refractivity contribution in [3.05, 3.63) is 34.7 Å². The summed E-state index contributed by atoms with van der Waals surface area (Å²) in [5.41, 5.74) is 7.96. The molecule has 5 nitrogen and oxygen atoms in total. The van der Waals surface area contributed by atoms with Crippen LogP contribution in [0, 0.1) is 0 Å². The van der Waals surface area contributed by atoms with Crippen molar-refractivity contribution in [1.82, 2.24) is 9.97 Å². The Morgan fingerprint density at radius 2 is 1.94 bits per heavy atom. The first-order valence-electron chi connectivity index (χ1n) is 5.17. The maximum atomic E-state index is 11.4. The molecule has 0 radical (unpaired) electrons. The molecule has 3 N–H and O–H groups in total. The highest BCUT2D eigenvalue weighted by atomic mass is 79.9. The van der Waals surface area contributed by atoms with Gasteiger partial charge in [-0.2, -0.15) is 0 Å². The van der Waals surface area contributed by atoms with Gasteiger partial charge >= 0.3 is 0 Å². The number of benzene rings is 1. The summed E-state index contributed by atoms with van der Waals surface area (Å²) >= 11 is 3.25. The highest BCUT2D eigenvalue weighted by molar-refractivity contribution is 9.10. The van der Waals surface area contributed by atoms with Crippen LogP contribution in [0.3, 0.4) is 0 Å². The third-order valence-corrected chi connectivity index (χ3v) is 4.01. The van der Waals surface area contributed by atoms with Gasteiger partial charge in [0.2, 0.25) is 0 Å². The zero-order valence-corrected chi connectivity index (χ0v) is 12.0. The molecule has 0 saturated carbocycles. The van der Waals surface area contributed by atoms with Crippen LogP contribution < -0.4 is 5.73 Å². The maximum Gasteiger partial charge on any atom is 0.175 e. The minimum absolute atomic E-state index is 0.287. The lowest BCUT2D eigenvalue weighted by Crippen LogP contribution is -1.99. The molecule has 0 saturated heterocycles. The third-order valence-electron chi connectivity index (χ3n) is 2.51. The molecule has 1 aromatic heterocycles. The van der Waals surface area contributed by atoms with Crippen LogP contribution in [0.1, 0.15) is 5.69 Å². The van der Waals surface area contributed by atoms with Crippen LogP contribution in [0.4, 0.5) is 0 Å². The van der Waals surface area contributed by atoms with Crippen molar-refractivity contribution in [2.24, 2.45) is 5.73 Å². The highest BCUT2D eigenvalue weighted by Crippen LogP contribution is 2.24. The van der Waals surface area contributed by atoms with E-state index in [9.17, 15) is 8.42 Å². The van der Waals surface area contributed by atoms with E-state index in [0.717, 1.165) is 17.0 Å². The number of rotatable bonds is 3. The maximum absolute atomic E-state index is 11.4. The molecule has 0 aliphatic rings. The molecule has 0 amide bonds. The molecule has 0 unspecified atom stereocenters. The van der Waals surface area contributed by atoms with Gasteiger partial charge in [0.05, 0.1) is 16.3 Å². The van der Waals surface area contributed by atoms with Gasteiger partial charge in [-0.3, -0.25) is 0 Å². The fraction of sp³-hybridized carbons (Fsp3) is 0.182. The first-order valence-corrected chi connectivity index (χ1v) is 7.85. The SMILES string of the molecule is CS(=O)(=O)c1ccc(-c2nc(Br)[nH]c2CN)cc1. The molecule has 0 fully saturated rings. The quantitative estimate of drug-likeness (QED) is 0.896. The van der Waals surface area contributed by atoms with Crippen LogP contribution in [0.25, 0.3) is 11.3 Å². The Morgan fingerprint density at radius 1 is 1.33 bits per heavy atom. The number of nitrogens with two attached hydrogens (primary N) is 1. The number of nitrogens with one attached hydrogen (secondary N) is 1. The molecular formula is C11H12BrN3O2S. The van der Waals surface area contributed by atoms with E-state index in [1.165, 1.54) is 6.26 Å². The van der Waals surface area contributed by atoms with Gasteiger partial charge in [0, 0.05) is 18.4 Å². The fourth-order valence-corrected chi connectivity index (χ4v) is 2.67. The summed E-state index contributed by atoms with van der Waals surface area (Å²) < 4.78 is 23.3. The highest BCUT2D eigenvalue weighted by Gasteiger charge is 2.11. The van der Waals surface area contributed by atoms with Crippen molar-refractivity contribution in [3.8, 4) is 11.3 Å². The van der Waals surface area contributed by atoms with Crippen molar-refractivity contribution >= 4 is 25.8 Å². The average Bonchev–Trinajstić information content (AvgIpc) is 2.69. The molecule has 0 bridgehead atoms. The van der Waals surface area contributed by atoms with Gasteiger partial charge in [-0.15, -0.1) is 0 Å². The standard InChI is InChI=1S/C11H12BrN3O2S/c1-18(16,17)8-4-2-7(3-5-8)10-9(6-13)14-11(12)15-10/h2-5H,6,13H2,1H3,(H,14,15). The molecule has 1 aromatic carbocycles. The van der Waals surface area contributed by atoms with Crippen molar-refractivity contribution < 1.29 is 8.42 Å². The summed E-state index contributed by atoms with van der Waals surface area (Å²) in [5, 5.41) is 0. The molecular weight excluding hydrogens is 318 g/mol. The number of hydrogen-bond donors (Lipinski definition) is 2. The Balaban J connectivity index is 2.46. The number of halogens is 1. The molecule has 0 aliphatic heterocycles. The van der Waals surface area contributed by atoms with Crippen LogP contribution in [0.5, 0.6) is 0 Å². The Bertz CT molecular complexity index is 662. The smallest absolute Gasteiger partial charge is 0.175 e. The zero-order chi connectivity index (χ0) is 13.3. The van der Waals surface area contributed by atoms with Crippen molar-refractivity contribution in [1.29, 1.82) is 0 Å². The van der Waals surface area contributed by atoms with Crippen molar-refractivity contribution in [2.45, 2.75) is 11.4 Å². The molecule has 0 aliphatic carbocycles. The van der Waals surface area contributed by atoms with Gasteiger partial charge in [0.1, 0.15) is 0 Å². The van der Waals surface area contributed by atoms with E-state index in [0.29, 0.717) is 11.3 Å². The van der Waals surface area contributed by atoms with Crippen LogP contribution in [0.15, 0.2) is 33.9 Å². The van der Waals surface area contributed by atoms with E-state index in [-0.39, 0.29) is 4.90 Å². The van der Waals surface area contributed by atoms with Gasteiger partial charge in [-0.25, -0.2) is 13.4 Å². The molecule has 1 heterocycles. The number of aromatic nitrogens is 2. The molecule has 7 heteroatoms. The Hall–Kier alpha value is -1.18. The lowest BCUT2D eigenvalue weighted by molar-refractivity contribution is 0.602. The number of hydrogen-bond acceptors (Lipinski definition) is 4. The van der Waals surface area contributed by atoms with Gasteiger partial charge < -0.3 is 10.7 Å². The Kier molecular flexibility index (Phi) is 3.56. The molecule has 18 heavy (non-hydrogen) atoms. The minimum Gasteiger partial charge on any atom is -0.335 e. The summed E-state index contributed by atoms with van der Waals surface area (Å²) in [6.07, 6.45) is 1.18. The van der Waals surface area contributed by atoms with E-state index in [1.807, 2.05) is 0 Å². The number of sulfone groups is 1. The van der Waals surface area contributed by atoms with Crippen molar-refractivity contribution in [3.63, 3.8) is 0 Å². The van der Waals surface area contributed by atoms with E-state index in [4.69, 9.17) is 5.73 Å². The second-order valence-electron chi connectivity index (χ2n) is 3.86. The summed E-state index contributed by atoms with van der Waals surface area (Å²) in [7, 11) is -3.17. The van der Waals surface area contributed by atoms with E-state index < -0.39 is 9.84 Å². The first kappa shape index (κ1) is 13.3. The van der Waals surface area contributed by atoms with Crippen LogP contribution in [0.2, 0.25) is 0 Å². The summed E-state index contributed by atoms with van der Waals surface area (Å²) in [4.78, 5) is 7.56. The molecule has 0 spiro atoms. The predicted octanol–water partition coefficient (Wildman–Crippen LogP) is 1.70. The van der Waals surface area contributed by atoms with Gasteiger partial charge in [0.15, 0.2) is 14.6 Å². The minimum atomic E-state index is -3.17. The van der Waals surface area contributed by atoms with Crippen LogP contribution in [-0.4, -0.2) is 24.6 Å². The largest absolute Gasteiger partial charge is 0.335 e. The van der Waals surface area contributed by atoms with Gasteiger partial charge in [-0.05, 0) is 28.1 Å². The van der Waals surface area contributed by atoms with E-state index in [2.05, 4.69) is 25.9 Å². The summed E-state index contributed by atoms with van der Waals surface area (Å²) in [6.45, 7) is 0.335. The molecule has 0 atom stereocenters. The molecule has 2 aromatic rings. The van der Waals surface area contributed by atoms with E-state index >= 15 is 0 Å². The number of nitrogens with zero attached hydrogens (tertiary/aromatic N) is 1. The van der Waals surface area contributed by atoms with E-state index in [1.54, 1.807) is 24.3 Å². The lowest BCUT2D eigenvalue weighted by atomic mass is 10.1. The summed E-state index contributed by atoms with van der Waals surface area (Å²) in [6, 6.07) is 6.57. The predicted molar refractivity (Wildman–Crippen MR) is 72.7 cm³/mol. The van der Waals surface area contributed by atoms with Gasteiger partial charge in [-0.1, -0.05) is 12.1 Å².